The third kappa shape index (κ3) is 13.3. The van der Waals surface area contributed by atoms with E-state index in [4.69, 9.17) is 10.2 Å². The highest BCUT2D eigenvalue weighted by Gasteiger charge is 2.17. The Hall–Kier alpha value is -7.07. The quantitative estimate of drug-likeness (QED) is 0.0708. The zero-order valence-corrected chi connectivity index (χ0v) is 39.9. The maximum Gasteiger partial charge on any atom is 0.336 e. The van der Waals surface area contributed by atoms with Gasteiger partial charge in [0.2, 0.25) is 0 Å². The van der Waals surface area contributed by atoms with Crippen LogP contribution in [-0.4, -0.2) is 37.8 Å². The summed E-state index contributed by atoms with van der Waals surface area (Å²) >= 11 is 1.48. The zero-order valence-electron chi connectivity index (χ0n) is 35.8. The van der Waals surface area contributed by atoms with E-state index in [0.717, 1.165) is 36.8 Å². The number of para-hydroxylation sites is 2. The Kier molecular flexibility index (Phi) is 17.7. The highest BCUT2D eigenvalue weighted by atomic mass is 33.1. The lowest BCUT2D eigenvalue weighted by Gasteiger charge is -2.11. The summed E-state index contributed by atoms with van der Waals surface area (Å²) in [5, 5.41) is 21.9. The Morgan fingerprint density at radius 2 is 0.853 bits per heavy atom. The number of carbonyl (C=O) groups is 4. The number of ketones is 1. The largest absolute Gasteiger partial charge is 0.478 e. The van der Waals surface area contributed by atoms with Crippen LogP contribution in [-0.2, 0) is 6.42 Å². The van der Waals surface area contributed by atoms with Crippen LogP contribution in [0.15, 0.2) is 237 Å². The van der Waals surface area contributed by atoms with Gasteiger partial charge in [-0.15, -0.1) is 0 Å². The van der Waals surface area contributed by atoms with Gasteiger partial charge in [0, 0.05) is 37.3 Å². The van der Waals surface area contributed by atoms with E-state index in [-0.39, 0.29) is 28.4 Å². The van der Waals surface area contributed by atoms with Crippen LogP contribution in [0.2, 0.25) is 0 Å². The van der Waals surface area contributed by atoms with Crippen LogP contribution in [0.25, 0.3) is 15.8 Å². The molecule has 8 aromatic carbocycles. The van der Waals surface area contributed by atoms with Crippen LogP contribution in [0.3, 0.4) is 0 Å². The number of rotatable bonds is 14. The van der Waals surface area contributed by atoms with Crippen molar-refractivity contribution in [3.8, 4) is 5.69 Å². The number of nitrogens with zero attached hydrogens (tertiary/aromatic N) is 1. The highest BCUT2D eigenvalue weighted by molar-refractivity contribution is 8.77. The first-order valence-electron chi connectivity index (χ1n) is 20.8. The highest BCUT2D eigenvalue weighted by Crippen LogP contribution is 2.42. The minimum absolute atomic E-state index is 0.0619. The molecule has 0 aliphatic carbocycles. The van der Waals surface area contributed by atoms with Crippen molar-refractivity contribution >= 4 is 94.1 Å². The molecule has 1 amide bonds. The Labute approximate surface area is 412 Å². The lowest BCUT2D eigenvalue weighted by atomic mass is 10.0. The maximum atomic E-state index is 12.9. The molecule has 0 saturated carbocycles. The molecule has 9 rings (SSSR count). The van der Waals surface area contributed by atoms with Gasteiger partial charge < -0.3 is 15.5 Å². The second-order valence-corrected chi connectivity index (χ2v) is 19.8. The molecule has 0 unspecified atom stereocenters. The van der Waals surface area contributed by atoms with E-state index in [0.29, 0.717) is 27.3 Å². The van der Waals surface area contributed by atoms with Gasteiger partial charge in [-0.1, -0.05) is 188 Å². The van der Waals surface area contributed by atoms with Crippen molar-refractivity contribution in [3.05, 3.63) is 250 Å². The monoisotopic (exact) mass is 988 g/mol. The molecular formula is C54H40N2O7S5. The Bertz CT molecular complexity index is 3060. The molecule has 0 fully saturated rings. The summed E-state index contributed by atoms with van der Waals surface area (Å²) in [6.45, 7) is 0. The summed E-state index contributed by atoms with van der Waals surface area (Å²) < 4.78 is 2.75. The number of aromatic nitrogens is 1. The summed E-state index contributed by atoms with van der Waals surface area (Å²) in [5.74, 6) is -2.08. The second kappa shape index (κ2) is 24.6. The number of carboxylic acids is 2. The number of hydrogen-bond donors (Lipinski definition) is 3. The first-order valence-corrected chi connectivity index (χ1v) is 25.9. The average Bonchev–Trinajstić information content (AvgIpc) is 3.72. The molecule has 68 heavy (non-hydrogen) atoms. The summed E-state index contributed by atoms with van der Waals surface area (Å²) in [6, 6.07) is 64.9. The number of fused-ring (bicyclic) bond motifs is 1. The summed E-state index contributed by atoms with van der Waals surface area (Å²) in [7, 11) is 5.44. The average molecular weight is 989 g/mol. The van der Waals surface area contributed by atoms with Crippen LogP contribution in [0.5, 0.6) is 0 Å². The van der Waals surface area contributed by atoms with Gasteiger partial charge in [-0.25, -0.2) is 13.5 Å². The Balaban J connectivity index is 0.000000162. The topological polar surface area (TPSA) is 143 Å². The standard InChI is InChI=1S/C27H21NO2S2.C14H10O4S2.C13H9NOS/c29-24(19-20-11-3-1-4-12-20)22-15-7-9-17-25(22)31-32-26-18-10-8-16-23(26)27(30)28-21-13-5-2-6-14-21;15-13(16)9-5-1-3-7-11(9)19-20-12-8-4-2-6-10(12)14(17)18;15-13-11-8-4-5-9-12(11)16-14(13)10-6-2-1-3-7-10/h1-18H,19H2,(H,28,30);1-8H,(H,15,16)(H,17,18);1-9H. The van der Waals surface area contributed by atoms with Gasteiger partial charge in [-0.2, -0.15) is 0 Å². The van der Waals surface area contributed by atoms with Crippen molar-refractivity contribution in [1.29, 1.82) is 0 Å². The molecule has 0 saturated heterocycles. The molecule has 0 aliphatic heterocycles. The summed E-state index contributed by atoms with van der Waals surface area (Å²) in [6.07, 6.45) is 0.360. The molecule has 338 valence electrons. The minimum Gasteiger partial charge on any atom is -0.478 e. The number of aromatic carboxylic acids is 2. The molecule has 0 spiro atoms. The summed E-state index contributed by atoms with van der Waals surface area (Å²) in [5.41, 5.74) is 4.44. The zero-order chi connectivity index (χ0) is 47.7. The number of carboxylic acid groups (broad SMARTS) is 2. The first-order chi connectivity index (χ1) is 33.2. The van der Waals surface area contributed by atoms with Crippen LogP contribution in [0.1, 0.15) is 47.0 Å². The van der Waals surface area contributed by atoms with Gasteiger partial charge in [-0.3, -0.25) is 14.4 Å². The molecule has 0 atom stereocenters. The predicted molar refractivity (Wildman–Crippen MR) is 279 cm³/mol. The van der Waals surface area contributed by atoms with Crippen molar-refractivity contribution < 1.29 is 29.4 Å². The fourth-order valence-electron chi connectivity index (χ4n) is 6.41. The van der Waals surface area contributed by atoms with Crippen LogP contribution < -0.4 is 10.9 Å². The maximum absolute atomic E-state index is 12.9. The molecule has 1 heterocycles. The third-order valence-corrected chi connectivity index (χ3v) is 15.8. The van der Waals surface area contributed by atoms with E-state index in [9.17, 15) is 24.0 Å². The number of benzene rings is 8. The van der Waals surface area contributed by atoms with Crippen molar-refractivity contribution in [2.75, 3.05) is 5.32 Å². The van der Waals surface area contributed by atoms with Gasteiger partial charge in [0.25, 0.3) is 11.5 Å². The lowest BCUT2D eigenvalue weighted by Crippen LogP contribution is -2.12. The van der Waals surface area contributed by atoms with E-state index < -0.39 is 11.9 Å². The summed E-state index contributed by atoms with van der Waals surface area (Å²) in [4.78, 5) is 63.0. The lowest BCUT2D eigenvalue weighted by molar-refractivity contribution is 0.0682. The number of Topliss-reactive ketones (excluding diaryl/α,β-unsaturated/α-hetero) is 1. The van der Waals surface area contributed by atoms with E-state index in [2.05, 4.69) is 5.32 Å². The molecule has 0 aliphatic rings. The van der Waals surface area contributed by atoms with Gasteiger partial charge in [0.05, 0.1) is 32.5 Å². The molecule has 0 bridgehead atoms. The van der Waals surface area contributed by atoms with Crippen molar-refractivity contribution in [1.82, 2.24) is 3.96 Å². The van der Waals surface area contributed by atoms with Crippen LogP contribution >= 0.6 is 54.7 Å². The number of hydrogen-bond acceptors (Lipinski definition) is 10. The van der Waals surface area contributed by atoms with Crippen LogP contribution in [0.4, 0.5) is 5.69 Å². The minimum atomic E-state index is -1.000. The van der Waals surface area contributed by atoms with E-state index in [1.54, 1.807) is 40.4 Å². The Morgan fingerprint density at radius 1 is 0.456 bits per heavy atom. The normalized spacial score (nSPS) is 10.5. The molecule has 9 nitrogen and oxygen atoms in total. The number of nitrogens with one attached hydrogen (secondary N) is 1. The molecule has 0 radical (unpaired) electrons. The number of anilines is 1. The van der Waals surface area contributed by atoms with Gasteiger partial charge in [0.15, 0.2) is 5.78 Å². The van der Waals surface area contributed by atoms with Gasteiger partial charge in [-0.05, 0) is 84.4 Å². The second-order valence-electron chi connectivity index (χ2n) is 14.4. The predicted octanol–water partition coefficient (Wildman–Crippen LogP) is 14.1. The fourth-order valence-corrected chi connectivity index (χ4v) is 12.1. The first kappa shape index (κ1) is 48.9. The molecular weight excluding hydrogens is 949 g/mol. The van der Waals surface area contributed by atoms with Crippen molar-refractivity contribution in [2.24, 2.45) is 0 Å². The third-order valence-electron chi connectivity index (χ3n) is 9.72. The SMILES string of the molecule is O=C(Cc1ccccc1)c1ccccc1SSc1ccccc1C(=O)Nc1ccccc1.O=C(O)c1ccccc1SSc1ccccc1C(=O)O.O=c1c2ccccc2sn1-c1ccccc1. The number of amides is 1. The Morgan fingerprint density at radius 3 is 1.37 bits per heavy atom. The van der Waals surface area contributed by atoms with E-state index in [1.807, 2.05) is 164 Å². The number of carbonyl (C=O) groups excluding carboxylic acids is 2. The van der Waals surface area contributed by atoms with Gasteiger partial charge in [0.1, 0.15) is 0 Å². The van der Waals surface area contributed by atoms with Crippen molar-refractivity contribution in [2.45, 2.75) is 26.0 Å². The molecule has 9 aromatic rings. The van der Waals surface area contributed by atoms with Crippen LogP contribution in [0, 0.1) is 0 Å². The fraction of sp³-hybridized carbons (Fsp3) is 0.0185. The molecule has 14 heteroatoms. The van der Waals surface area contributed by atoms with E-state index in [1.165, 1.54) is 66.8 Å². The smallest absolute Gasteiger partial charge is 0.336 e. The van der Waals surface area contributed by atoms with Crippen molar-refractivity contribution in [3.63, 3.8) is 0 Å². The molecule has 1 aromatic heterocycles. The molecule has 3 N–H and O–H groups in total. The van der Waals surface area contributed by atoms with Gasteiger partial charge >= 0.3 is 11.9 Å². The van der Waals surface area contributed by atoms with E-state index >= 15 is 0 Å².